The Morgan fingerprint density at radius 3 is 2.80 bits per heavy atom. The number of fused-ring (bicyclic) bond motifs is 4. The highest BCUT2D eigenvalue weighted by molar-refractivity contribution is 5.83. The van der Waals surface area contributed by atoms with E-state index >= 15 is 0 Å². The zero-order valence-corrected chi connectivity index (χ0v) is 14.9. The van der Waals surface area contributed by atoms with E-state index in [-0.39, 0.29) is 30.4 Å². The van der Waals surface area contributed by atoms with Crippen LogP contribution in [0, 0.1) is 5.92 Å². The lowest BCUT2D eigenvalue weighted by Crippen LogP contribution is -2.48. The SMILES string of the molecule is CCCN1C(=O)[C@H]2CC[C@@H]1CN(C(=O)COc1cccc(OC)c1)C2. The van der Waals surface area contributed by atoms with Gasteiger partial charge in [0.25, 0.3) is 5.91 Å². The Morgan fingerprint density at radius 1 is 1.24 bits per heavy atom. The third-order valence-electron chi connectivity index (χ3n) is 5.01. The van der Waals surface area contributed by atoms with E-state index < -0.39 is 0 Å². The highest BCUT2D eigenvalue weighted by Crippen LogP contribution is 2.29. The van der Waals surface area contributed by atoms with Gasteiger partial charge in [-0.2, -0.15) is 0 Å². The first kappa shape index (κ1) is 17.6. The number of nitrogens with zero attached hydrogens (tertiary/aromatic N) is 2. The molecule has 0 spiro atoms. The summed E-state index contributed by atoms with van der Waals surface area (Å²) in [5.74, 6) is 1.38. The molecule has 1 aromatic rings. The second-order valence-corrected chi connectivity index (χ2v) is 6.73. The summed E-state index contributed by atoms with van der Waals surface area (Å²) in [7, 11) is 1.59. The molecule has 2 bridgehead atoms. The third kappa shape index (κ3) is 3.89. The van der Waals surface area contributed by atoms with Gasteiger partial charge in [0, 0.05) is 31.7 Å². The van der Waals surface area contributed by atoms with E-state index in [2.05, 4.69) is 6.92 Å². The first-order chi connectivity index (χ1) is 12.1. The first-order valence-electron chi connectivity index (χ1n) is 8.97. The molecule has 3 fully saturated rings. The van der Waals surface area contributed by atoms with Crippen LogP contribution in [0.2, 0.25) is 0 Å². The summed E-state index contributed by atoms with van der Waals surface area (Å²) in [4.78, 5) is 28.9. The van der Waals surface area contributed by atoms with Gasteiger partial charge in [-0.1, -0.05) is 13.0 Å². The minimum Gasteiger partial charge on any atom is -0.497 e. The molecule has 0 radical (unpaired) electrons. The maximum absolute atomic E-state index is 12.6. The predicted octanol–water partition coefficient (Wildman–Crippen LogP) is 1.93. The van der Waals surface area contributed by atoms with Crippen molar-refractivity contribution in [2.75, 3.05) is 33.4 Å². The van der Waals surface area contributed by atoms with E-state index in [1.54, 1.807) is 24.1 Å². The molecule has 0 saturated carbocycles. The summed E-state index contributed by atoms with van der Waals surface area (Å²) in [6, 6.07) is 7.36. The molecule has 1 aromatic carbocycles. The van der Waals surface area contributed by atoms with Gasteiger partial charge < -0.3 is 19.3 Å². The largest absolute Gasteiger partial charge is 0.497 e. The van der Waals surface area contributed by atoms with Gasteiger partial charge >= 0.3 is 0 Å². The van der Waals surface area contributed by atoms with Crippen molar-refractivity contribution < 1.29 is 19.1 Å². The summed E-state index contributed by atoms with van der Waals surface area (Å²) in [6.45, 7) is 3.96. The molecule has 4 rings (SSSR count). The number of ether oxygens (including phenoxy) is 2. The molecule has 136 valence electrons. The van der Waals surface area contributed by atoms with Crippen molar-refractivity contribution in [1.29, 1.82) is 0 Å². The number of carbonyl (C=O) groups excluding carboxylic acids is 2. The molecule has 25 heavy (non-hydrogen) atoms. The lowest BCUT2D eigenvalue weighted by atomic mass is 9.94. The minimum atomic E-state index is -0.0640. The van der Waals surface area contributed by atoms with Crippen molar-refractivity contribution in [2.24, 2.45) is 5.92 Å². The van der Waals surface area contributed by atoms with Crippen LogP contribution in [0.15, 0.2) is 24.3 Å². The Morgan fingerprint density at radius 2 is 2.04 bits per heavy atom. The van der Waals surface area contributed by atoms with Crippen LogP contribution in [-0.4, -0.2) is 61.0 Å². The Kier molecular flexibility index (Phi) is 5.46. The molecule has 2 amide bonds. The van der Waals surface area contributed by atoms with E-state index in [0.717, 1.165) is 25.8 Å². The fraction of sp³-hybridized carbons (Fsp3) is 0.579. The smallest absolute Gasteiger partial charge is 0.260 e. The second kappa shape index (κ2) is 7.76. The number of hydrogen-bond acceptors (Lipinski definition) is 4. The van der Waals surface area contributed by atoms with Gasteiger partial charge in [0.2, 0.25) is 5.91 Å². The highest BCUT2D eigenvalue weighted by atomic mass is 16.5. The molecule has 0 aliphatic carbocycles. The number of benzene rings is 1. The average Bonchev–Trinajstić information content (AvgIpc) is 2.93. The maximum atomic E-state index is 12.6. The summed E-state index contributed by atoms with van der Waals surface area (Å²) in [5.41, 5.74) is 0. The molecule has 2 atom stereocenters. The number of methoxy groups -OCH3 is 1. The standard InChI is InChI=1S/C19H26N2O4/c1-3-9-21-15-8-7-14(19(21)23)11-20(12-15)18(22)13-25-17-6-4-5-16(10-17)24-2/h4-6,10,14-15H,3,7-9,11-13H2,1-2H3/t14-,15+/m0/s1. The molecule has 3 saturated heterocycles. The summed E-state index contributed by atoms with van der Waals surface area (Å²) < 4.78 is 10.8. The van der Waals surface area contributed by atoms with Crippen molar-refractivity contribution in [3.63, 3.8) is 0 Å². The molecule has 0 unspecified atom stereocenters. The molecule has 3 aliphatic rings. The number of rotatable bonds is 6. The van der Waals surface area contributed by atoms with E-state index in [4.69, 9.17) is 9.47 Å². The summed E-state index contributed by atoms with van der Waals surface area (Å²) >= 11 is 0. The number of carbonyl (C=O) groups is 2. The summed E-state index contributed by atoms with van der Waals surface area (Å²) in [6.07, 6.45) is 2.81. The topological polar surface area (TPSA) is 59.1 Å². The van der Waals surface area contributed by atoms with Crippen LogP contribution in [0.3, 0.4) is 0 Å². The molecule has 3 heterocycles. The Balaban J connectivity index is 1.62. The Bertz CT molecular complexity index is 634. The van der Waals surface area contributed by atoms with Gasteiger partial charge in [-0.3, -0.25) is 9.59 Å². The zero-order valence-electron chi connectivity index (χ0n) is 14.9. The monoisotopic (exact) mass is 346 g/mol. The molecule has 0 N–H and O–H groups in total. The number of hydrogen-bond donors (Lipinski definition) is 0. The molecule has 0 aromatic heterocycles. The normalized spacial score (nSPS) is 22.7. The Labute approximate surface area is 148 Å². The van der Waals surface area contributed by atoms with Gasteiger partial charge in [-0.25, -0.2) is 0 Å². The van der Waals surface area contributed by atoms with Crippen molar-refractivity contribution in [2.45, 2.75) is 32.2 Å². The van der Waals surface area contributed by atoms with Gasteiger partial charge in [0.1, 0.15) is 11.5 Å². The second-order valence-electron chi connectivity index (χ2n) is 6.73. The fourth-order valence-electron chi connectivity index (χ4n) is 3.71. The molecule has 3 aliphatic heterocycles. The van der Waals surface area contributed by atoms with Crippen LogP contribution in [0.25, 0.3) is 0 Å². The predicted molar refractivity (Wildman–Crippen MR) is 93.6 cm³/mol. The molecular formula is C19H26N2O4. The quantitative estimate of drug-likeness (QED) is 0.790. The highest BCUT2D eigenvalue weighted by Gasteiger charge is 2.41. The van der Waals surface area contributed by atoms with Crippen LogP contribution in [0.5, 0.6) is 11.5 Å². The van der Waals surface area contributed by atoms with E-state index in [1.807, 2.05) is 17.0 Å². The van der Waals surface area contributed by atoms with Crippen molar-refractivity contribution >= 4 is 11.8 Å². The van der Waals surface area contributed by atoms with E-state index in [9.17, 15) is 9.59 Å². The van der Waals surface area contributed by atoms with Gasteiger partial charge in [0.05, 0.1) is 13.0 Å². The van der Waals surface area contributed by atoms with Crippen molar-refractivity contribution in [3.05, 3.63) is 24.3 Å². The molecular weight excluding hydrogens is 320 g/mol. The number of amides is 2. The maximum Gasteiger partial charge on any atom is 0.260 e. The van der Waals surface area contributed by atoms with Crippen LogP contribution in [0.4, 0.5) is 0 Å². The van der Waals surface area contributed by atoms with E-state index in [0.29, 0.717) is 24.6 Å². The van der Waals surface area contributed by atoms with Gasteiger partial charge in [-0.15, -0.1) is 0 Å². The first-order valence-corrected chi connectivity index (χ1v) is 8.97. The van der Waals surface area contributed by atoms with Crippen LogP contribution < -0.4 is 9.47 Å². The zero-order chi connectivity index (χ0) is 17.8. The Hall–Kier alpha value is -2.24. The third-order valence-corrected chi connectivity index (χ3v) is 5.01. The van der Waals surface area contributed by atoms with Crippen molar-refractivity contribution in [1.82, 2.24) is 9.80 Å². The van der Waals surface area contributed by atoms with E-state index in [1.165, 1.54) is 0 Å². The van der Waals surface area contributed by atoms with Gasteiger partial charge in [0.15, 0.2) is 6.61 Å². The summed E-state index contributed by atoms with van der Waals surface area (Å²) in [5, 5.41) is 0. The number of piperidine rings is 1. The lowest BCUT2D eigenvalue weighted by molar-refractivity contribution is -0.139. The van der Waals surface area contributed by atoms with Crippen molar-refractivity contribution in [3.8, 4) is 11.5 Å². The van der Waals surface area contributed by atoms with Crippen LogP contribution in [-0.2, 0) is 9.59 Å². The fourth-order valence-corrected chi connectivity index (χ4v) is 3.71. The van der Waals surface area contributed by atoms with Gasteiger partial charge in [-0.05, 0) is 31.4 Å². The molecule has 6 heteroatoms. The van der Waals surface area contributed by atoms with Crippen LogP contribution >= 0.6 is 0 Å². The lowest BCUT2D eigenvalue weighted by Gasteiger charge is -2.35. The average molecular weight is 346 g/mol. The molecule has 6 nitrogen and oxygen atoms in total. The minimum absolute atomic E-state index is 0.0193. The van der Waals surface area contributed by atoms with Crippen LogP contribution in [0.1, 0.15) is 26.2 Å².